The van der Waals surface area contributed by atoms with Gasteiger partial charge in [0.1, 0.15) is 0 Å². The van der Waals surface area contributed by atoms with Crippen LogP contribution in [0.15, 0.2) is 71.6 Å². The molecule has 5 heteroatoms. The Bertz CT molecular complexity index is 1040. The van der Waals surface area contributed by atoms with Gasteiger partial charge in [-0.2, -0.15) is 0 Å². The summed E-state index contributed by atoms with van der Waals surface area (Å²) in [7, 11) is -3.61. The van der Waals surface area contributed by atoms with Gasteiger partial charge in [0, 0.05) is 24.5 Å². The number of anilines is 2. The molecule has 0 radical (unpaired) electrons. The highest BCUT2D eigenvalue weighted by atomic mass is 32.2. The van der Waals surface area contributed by atoms with E-state index in [1.54, 1.807) is 12.1 Å². The van der Waals surface area contributed by atoms with Gasteiger partial charge < -0.3 is 4.90 Å². The third-order valence-corrected chi connectivity index (χ3v) is 6.68. The minimum Gasteiger partial charge on any atom is -0.372 e. The molecular weight excluding hydrogens is 356 g/mol. The number of nitrogens with one attached hydrogen (secondary N) is 1. The van der Waals surface area contributed by atoms with Gasteiger partial charge in [0.25, 0.3) is 10.0 Å². The fraction of sp³-hybridized carbons (Fsp3) is 0.273. The van der Waals surface area contributed by atoms with E-state index in [1.165, 1.54) is 12.8 Å². The van der Waals surface area contributed by atoms with E-state index in [-0.39, 0.29) is 4.90 Å². The summed E-state index contributed by atoms with van der Waals surface area (Å²) in [5.74, 6) is 0.786. The average molecular weight is 381 g/mol. The Kier molecular flexibility index (Phi) is 4.79. The van der Waals surface area contributed by atoms with Gasteiger partial charge in [-0.3, -0.25) is 4.72 Å². The molecule has 0 atom stereocenters. The maximum Gasteiger partial charge on any atom is 0.261 e. The number of hydrogen-bond acceptors (Lipinski definition) is 3. The van der Waals surface area contributed by atoms with Crippen molar-refractivity contribution in [3.05, 3.63) is 66.7 Å². The van der Waals surface area contributed by atoms with Gasteiger partial charge in [-0.1, -0.05) is 37.3 Å². The predicted molar refractivity (Wildman–Crippen MR) is 112 cm³/mol. The Hall–Kier alpha value is -2.53. The quantitative estimate of drug-likeness (QED) is 0.702. The first-order chi connectivity index (χ1) is 13.0. The van der Waals surface area contributed by atoms with Crippen molar-refractivity contribution in [2.75, 3.05) is 22.7 Å². The SMILES string of the molecule is CC1CCN(c2ccc(NS(=O)(=O)c3ccc4ccccc4c3)cc2)CC1. The van der Waals surface area contributed by atoms with Gasteiger partial charge in [-0.25, -0.2) is 8.42 Å². The van der Waals surface area contributed by atoms with Crippen LogP contribution >= 0.6 is 0 Å². The van der Waals surface area contributed by atoms with Gasteiger partial charge in [0.05, 0.1) is 4.90 Å². The summed E-state index contributed by atoms with van der Waals surface area (Å²) in [6.07, 6.45) is 2.41. The van der Waals surface area contributed by atoms with Crippen molar-refractivity contribution in [2.45, 2.75) is 24.7 Å². The molecule has 0 unspecified atom stereocenters. The van der Waals surface area contributed by atoms with Crippen molar-refractivity contribution in [2.24, 2.45) is 5.92 Å². The van der Waals surface area contributed by atoms with Gasteiger partial charge in [-0.15, -0.1) is 0 Å². The van der Waals surface area contributed by atoms with Gasteiger partial charge >= 0.3 is 0 Å². The minimum absolute atomic E-state index is 0.273. The molecule has 0 amide bonds. The molecule has 140 valence electrons. The predicted octanol–water partition coefficient (Wildman–Crippen LogP) is 4.88. The van der Waals surface area contributed by atoms with Crippen LogP contribution in [0.1, 0.15) is 19.8 Å². The van der Waals surface area contributed by atoms with E-state index in [4.69, 9.17) is 0 Å². The first-order valence-corrected chi connectivity index (χ1v) is 10.9. The number of sulfonamides is 1. The van der Waals surface area contributed by atoms with Crippen LogP contribution in [0.2, 0.25) is 0 Å². The van der Waals surface area contributed by atoms with Crippen molar-refractivity contribution in [1.82, 2.24) is 0 Å². The lowest BCUT2D eigenvalue weighted by Gasteiger charge is -2.32. The van der Waals surface area contributed by atoms with Crippen LogP contribution in [-0.2, 0) is 10.0 Å². The molecule has 0 aromatic heterocycles. The van der Waals surface area contributed by atoms with E-state index in [9.17, 15) is 8.42 Å². The van der Waals surface area contributed by atoms with Crippen LogP contribution in [-0.4, -0.2) is 21.5 Å². The van der Waals surface area contributed by atoms with Crippen LogP contribution in [0, 0.1) is 5.92 Å². The van der Waals surface area contributed by atoms with Crippen molar-refractivity contribution < 1.29 is 8.42 Å². The maximum absolute atomic E-state index is 12.7. The molecule has 4 nitrogen and oxygen atoms in total. The summed E-state index contributed by atoms with van der Waals surface area (Å²) in [4.78, 5) is 2.64. The normalized spacial score (nSPS) is 15.8. The Morgan fingerprint density at radius 3 is 2.26 bits per heavy atom. The van der Waals surface area contributed by atoms with E-state index >= 15 is 0 Å². The summed E-state index contributed by atoms with van der Waals surface area (Å²) in [6.45, 7) is 4.41. The largest absolute Gasteiger partial charge is 0.372 e. The van der Waals surface area contributed by atoms with E-state index in [0.29, 0.717) is 5.69 Å². The molecule has 1 N–H and O–H groups in total. The van der Waals surface area contributed by atoms with Gasteiger partial charge in [0.2, 0.25) is 0 Å². The zero-order valence-corrected chi connectivity index (χ0v) is 16.2. The molecular formula is C22H24N2O2S. The fourth-order valence-corrected chi connectivity index (χ4v) is 4.65. The first-order valence-electron chi connectivity index (χ1n) is 9.38. The molecule has 0 aliphatic carbocycles. The molecule has 0 saturated carbocycles. The topological polar surface area (TPSA) is 49.4 Å². The minimum atomic E-state index is -3.61. The summed E-state index contributed by atoms with van der Waals surface area (Å²) < 4.78 is 28.2. The zero-order valence-electron chi connectivity index (χ0n) is 15.4. The standard InChI is InChI=1S/C22H24N2O2S/c1-17-12-14-24(15-13-17)21-9-7-20(8-10-21)23-27(25,26)22-11-6-18-4-2-3-5-19(18)16-22/h2-11,16-17,23H,12-15H2,1H3. The number of piperidine rings is 1. The molecule has 1 aliphatic rings. The molecule has 1 saturated heterocycles. The summed E-state index contributed by atoms with van der Waals surface area (Å²) in [6, 6.07) is 20.6. The van der Waals surface area contributed by atoms with Crippen LogP contribution in [0.25, 0.3) is 10.8 Å². The molecule has 3 aromatic carbocycles. The Labute approximate surface area is 160 Å². The molecule has 1 fully saturated rings. The highest BCUT2D eigenvalue weighted by Gasteiger charge is 2.17. The summed E-state index contributed by atoms with van der Waals surface area (Å²) in [5.41, 5.74) is 1.73. The highest BCUT2D eigenvalue weighted by Crippen LogP contribution is 2.26. The monoisotopic (exact) mass is 380 g/mol. The first kappa shape index (κ1) is 17.9. The summed E-state index contributed by atoms with van der Waals surface area (Å²) >= 11 is 0. The Balaban J connectivity index is 1.51. The van der Waals surface area contributed by atoms with Crippen molar-refractivity contribution in [1.29, 1.82) is 0 Å². The Morgan fingerprint density at radius 1 is 0.889 bits per heavy atom. The van der Waals surface area contributed by atoms with E-state index in [0.717, 1.165) is 35.5 Å². The third-order valence-electron chi connectivity index (χ3n) is 5.30. The number of rotatable bonds is 4. The van der Waals surface area contributed by atoms with Crippen molar-refractivity contribution in [3.8, 4) is 0 Å². The lowest BCUT2D eigenvalue weighted by Crippen LogP contribution is -2.32. The molecule has 3 aromatic rings. The lowest BCUT2D eigenvalue weighted by molar-refractivity contribution is 0.438. The number of nitrogens with zero attached hydrogens (tertiary/aromatic N) is 1. The average Bonchev–Trinajstić information content (AvgIpc) is 2.68. The molecule has 4 rings (SSSR count). The fourth-order valence-electron chi connectivity index (χ4n) is 3.56. The van der Waals surface area contributed by atoms with E-state index in [2.05, 4.69) is 16.5 Å². The van der Waals surface area contributed by atoms with E-state index in [1.807, 2.05) is 54.6 Å². The van der Waals surface area contributed by atoms with Crippen LogP contribution < -0.4 is 9.62 Å². The zero-order chi connectivity index (χ0) is 18.9. The lowest BCUT2D eigenvalue weighted by atomic mass is 9.99. The van der Waals surface area contributed by atoms with Crippen molar-refractivity contribution in [3.63, 3.8) is 0 Å². The maximum atomic E-state index is 12.7. The second-order valence-electron chi connectivity index (χ2n) is 7.33. The molecule has 27 heavy (non-hydrogen) atoms. The number of hydrogen-bond donors (Lipinski definition) is 1. The van der Waals surface area contributed by atoms with Gasteiger partial charge in [0.15, 0.2) is 0 Å². The number of benzene rings is 3. The highest BCUT2D eigenvalue weighted by molar-refractivity contribution is 7.92. The molecule has 1 aliphatic heterocycles. The van der Waals surface area contributed by atoms with E-state index < -0.39 is 10.0 Å². The second kappa shape index (κ2) is 7.24. The second-order valence-corrected chi connectivity index (χ2v) is 9.01. The van der Waals surface area contributed by atoms with Crippen LogP contribution in [0.5, 0.6) is 0 Å². The van der Waals surface area contributed by atoms with Crippen molar-refractivity contribution >= 4 is 32.2 Å². The molecule has 1 heterocycles. The van der Waals surface area contributed by atoms with Crippen LogP contribution in [0.4, 0.5) is 11.4 Å². The smallest absolute Gasteiger partial charge is 0.261 e. The number of fused-ring (bicyclic) bond motifs is 1. The van der Waals surface area contributed by atoms with Crippen LogP contribution in [0.3, 0.4) is 0 Å². The summed E-state index contributed by atoms with van der Waals surface area (Å²) in [5, 5.41) is 1.94. The Morgan fingerprint density at radius 2 is 1.56 bits per heavy atom. The molecule has 0 bridgehead atoms. The van der Waals surface area contributed by atoms with Gasteiger partial charge in [-0.05, 0) is 65.9 Å². The molecule has 0 spiro atoms. The third kappa shape index (κ3) is 3.93.